The molecular formula is C24H23Cl2N3O3. The second kappa shape index (κ2) is 9.35. The van der Waals surface area contributed by atoms with Crippen LogP contribution in [0.5, 0.6) is 5.75 Å². The number of amides is 1. The molecule has 6 nitrogen and oxygen atoms in total. The van der Waals surface area contributed by atoms with Crippen molar-refractivity contribution in [3.05, 3.63) is 75.5 Å². The van der Waals surface area contributed by atoms with E-state index in [0.717, 1.165) is 11.3 Å². The SMILES string of the molecule is COc1ccc(C)cc1-n1ccc(C(=O)N2CCC(C(=O)c3ccc(Cl)c(Cl)c3)CC2)n1. The average molecular weight is 472 g/mol. The molecule has 0 spiro atoms. The number of halogens is 2. The van der Waals surface area contributed by atoms with Gasteiger partial charge in [0.25, 0.3) is 5.91 Å². The molecule has 0 atom stereocenters. The molecule has 32 heavy (non-hydrogen) atoms. The zero-order chi connectivity index (χ0) is 22.8. The molecule has 4 rings (SSSR count). The maximum Gasteiger partial charge on any atom is 0.274 e. The summed E-state index contributed by atoms with van der Waals surface area (Å²) in [5.74, 6) is 0.423. The number of benzene rings is 2. The summed E-state index contributed by atoms with van der Waals surface area (Å²) in [6.07, 6.45) is 2.94. The van der Waals surface area contributed by atoms with Crippen molar-refractivity contribution >= 4 is 34.9 Å². The number of methoxy groups -OCH3 is 1. The zero-order valence-corrected chi connectivity index (χ0v) is 19.4. The smallest absolute Gasteiger partial charge is 0.274 e. The van der Waals surface area contributed by atoms with Crippen LogP contribution in [0.2, 0.25) is 10.0 Å². The van der Waals surface area contributed by atoms with Crippen LogP contribution < -0.4 is 4.74 Å². The van der Waals surface area contributed by atoms with E-state index in [-0.39, 0.29) is 17.6 Å². The monoisotopic (exact) mass is 471 g/mol. The molecule has 1 aromatic heterocycles. The summed E-state index contributed by atoms with van der Waals surface area (Å²) in [5, 5.41) is 5.27. The molecule has 1 fully saturated rings. The number of likely N-dealkylation sites (tertiary alicyclic amines) is 1. The van der Waals surface area contributed by atoms with Gasteiger partial charge in [-0.1, -0.05) is 29.3 Å². The van der Waals surface area contributed by atoms with E-state index in [1.54, 1.807) is 47.2 Å². The number of carbonyl (C=O) groups is 2. The van der Waals surface area contributed by atoms with Crippen LogP contribution in [-0.2, 0) is 0 Å². The molecule has 3 aromatic rings. The Kier molecular flexibility index (Phi) is 6.53. The molecule has 2 heterocycles. The summed E-state index contributed by atoms with van der Waals surface area (Å²) < 4.78 is 7.07. The number of ketones is 1. The Bertz CT molecular complexity index is 1170. The molecule has 1 amide bonds. The second-order valence-electron chi connectivity index (χ2n) is 7.88. The number of ether oxygens (including phenoxy) is 1. The van der Waals surface area contributed by atoms with Gasteiger partial charge in [-0.15, -0.1) is 0 Å². The average Bonchev–Trinajstić information content (AvgIpc) is 3.30. The first-order chi connectivity index (χ1) is 15.4. The van der Waals surface area contributed by atoms with E-state index in [1.165, 1.54) is 0 Å². The Labute approximate surface area is 196 Å². The van der Waals surface area contributed by atoms with Crippen molar-refractivity contribution in [2.75, 3.05) is 20.2 Å². The van der Waals surface area contributed by atoms with Crippen LogP contribution in [0.4, 0.5) is 0 Å². The third kappa shape index (κ3) is 4.52. The first kappa shape index (κ1) is 22.4. The molecule has 1 aliphatic heterocycles. The minimum Gasteiger partial charge on any atom is -0.494 e. The lowest BCUT2D eigenvalue weighted by Crippen LogP contribution is -2.40. The Morgan fingerprint density at radius 2 is 1.78 bits per heavy atom. The van der Waals surface area contributed by atoms with Crippen LogP contribution in [0, 0.1) is 12.8 Å². The normalized spacial score (nSPS) is 14.4. The van der Waals surface area contributed by atoms with Crippen LogP contribution >= 0.6 is 23.2 Å². The van der Waals surface area contributed by atoms with Crippen LogP contribution in [0.1, 0.15) is 39.3 Å². The number of piperidine rings is 1. The van der Waals surface area contributed by atoms with Crippen molar-refractivity contribution in [3.63, 3.8) is 0 Å². The second-order valence-corrected chi connectivity index (χ2v) is 8.69. The Hall–Kier alpha value is -2.83. The summed E-state index contributed by atoms with van der Waals surface area (Å²) in [4.78, 5) is 27.6. The molecule has 0 unspecified atom stereocenters. The maximum absolute atomic E-state index is 13.0. The molecule has 0 bridgehead atoms. The van der Waals surface area contributed by atoms with Crippen molar-refractivity contribution < 1.29 is 14.3 Å². The number of aryl methyl sites for hydroxylation is 1. The van der Waals surface area contributed by atoms with E-state index >= 15 is 0 Å². The maximum atomic E-state index is 13.0. The van der Waals surface area contributed by atoms with E-state index in [9.17, 15) is 9.59 Å². The minimum atomic E-state index is -0.148. The topological polar surface area (TPSA) is 64.4 Å². The van der Waals surface area contributed by atoms with Gasteiger partial charge in [-0.05, 0) is 61.7 Å². The molecule has 0 aliphatic carbocycles. The number of aromatic nitrogens is 2. The van der Waals surface area contributed by atoms with Gasteiger partial charge in [-0.3, -0.25) is 9.59 Å². The van der Waals surface area contributed by atoms with Crippen LogP contribution in [0.15, 0.2) is 48.7 Å². The van der Waals surface area contributed by atoms with Gasteiger partial charge in [-0.2, -0.15) is 5.10 Å². The highest BCUT2D eigenvalue weighted by molar-refractivity contribution is 6.42. The highest BCUT2D eigenvalue weighted by Crippen LogP contribution is 2.28. The Morgan fingerprint density at radius 1 is 1.03 bits per heavy atom. The number of nitrogens with zero attached hydrogens (tertiary/aromatic N) is 3. The van der Waals surface area contributed by atoms with Crippen molar-refractivity contribution in [3.8, 4) is 11.4 Å². The third-order valence-electron chi connectivity index (χ3n) is 5.75. The molecule has 166 valence electrons. The lowest BCUT2D eigenvalue weighted by molar-refractivity contribution is 0.0645. The quantitative estimate of drug-likeness (QED) is 0.477. The van der Waals surface area contributed by atoms with Crippen molar-refractivity contribution in [2.45, 2.75) is 19.8 Å². The number of hydrogen-bond donors (Lipinski definition) is 0. The number of carbonyl (C=O) groups excluding carboxylic acids is 2. The van der Waals surface area contributed by atoms with Gasteiger partial charge in [0.15, 0.2) is 11.5 Å². The van der Waals surface area contributed by atoms with Gasteiger partial charge in [0, 0.05) is 30.8 Å². The molecule has 8 heteroatoms. The summed E-state index contributed by atoms with van der Waals surface area (Å²) in [6, 6.07) is 12.4. The molecule has 2 aromatic carbocycles. The minimum absolute atomic E-state index is 0.0338. The molecule has 1 aliphatic rings. The van der Waals surface area contributed by atoms with Gasteiger partial charge in [0.2, 0.25) is 0 Å². The molecule has 0 saturated carbocycles. The van der Waals surface area contributed by atoms with E-state index < -0.39 is 0 Å². The van der Waals surface area contributed by atoms with Gasteiger partial charge in [-0.25, -0.2) is 4.68 Å². The van der Waals surface area contributed by atoms with E-state index in [0.29, 0.717) is 53.0 Å². The Balaban J connectivity index is 1.42. The standard InChI is InChI=1S/C24H23Cl2N3O3/c1-15-3-6-22(32-2)21(13-15)29-12-9-20(27-29)24(31)28-10-7-16(8-11-28)23(30)17-4-5-18(25)19(26)14-17/h3-6,9,12-14,16H,7-8,10-11H2,1-2H3. The highest BCUT2D eigenvalue weighted by atomic mass is 35.5. The summed E-state index contributed by atoms with van der Waals surface area (Å²) in [5.41, 5.74) is 2.76. The number of Topliss-reactive ketones (excluding diaryl/α,β-unsaturated/α-hetero) is 1. The van der Waals surface area contributed by atoms with Crippen molar-refractivity contribution in [1.82, 2.24) is 14.7 Å². The van der Waals surface area contributed by atoms with Gasteiger partial charge in [0.05, 0.1) is 17.2 Å². The van der Waals surface area contributed by atoms with E-state index in [4.69, 9.17) is 27.9 Å². The number of hydrogen-bond acceptors (Lipinski definition) is 4. The fraction of sp³-hybridized carbons (Fsp3) is 0.292. The lowest BCUT2D eigenvalue weighted by Gasteiger charge is -2.31. The molecule has 0 N–H and O–H groups in total. The van der Waals surface area contributed by atoms with Gasteiger partial charge >= 0.3 is 0 Å². The van der Waals surface area contributed by atoms with Crippen LogP contribution in [0.3, 0.4) is 0 Å². The van der Waals surface area contributed by atoms with Crippen molar-refractivity contribution in [1.29, 1.82) is 0 Å². The molecule has 0 radical (unpaired) electrons. The fourth-order valence-electron chi connectivity index (χ4n) is 3.94. The summed E-state index contributed by atoms with van der Waals surface area (Å²) in [6.45, 7) is 2.98. The zero-order valence-electron chi connectivity index (χ0n) is 17.8. The van der Waals surface area contributed by atoms with E-state index in [1.807, 2.05) is 25.1 Å². The summed E-state index contributed by atoms with van der Waals surface area (Å²) >= 11 is 12.0. The third-order valence-corrected chi connectivity index (χ3v) is 6.49. The van der Waals surface area contributed by atoms with E-state index in [2.05, 4.69) is 5.10 Å². The first-order valence-electron chi connectivity index (χ1n) is 10.4. The van der Waals surface area contributed by atoms with Crippen LogP contribution in [0.25, 0.3) is 5.69 Å². The highest BCUT2D eigenvalue weighted by Gasteiger charge is 2.29. The molecule has 1 saturated heterocycles. The van der Waals surface area contributed by atoms with Gasteiger partial charge < -0.3 is 9.64 Å². The predicted octanol–water partition coefficient (Wildman–Crippen LogP) is 5.23. The first-order valence-corrected chi connectivity index (χ1v) is 11.1. The largest absolute Gasteiger partial charge is 0.494 e. The Morgan fingerprint density at radius 3 is 2.47 bits per heavy atom. The summed E-state index contributed by atoms with van der Waals surface area (Å²) in [7, 11) is 1.60. The fourth-order valence-corrected chi connectivity index (χ4v) is 4.24. The predicted molar refractivity (Wildman–Crippen MR) is 124 cm³/mol. The van der Waals surface area contributed by atoms with Crippen molar-refractivity contribution in [2.24, 2.45) is 5.92 Å². The number of rotatable bonds is 5. The van der Waals surface area contributed by atoms with Gasteiger partial charge in [0.1, 0.15) is 11.4 Å². The van der Waals surface area contributed by atoms with Crippen LogP contribution in [-0.4, -0.2) is 46.6 Å². The molecular weight excluding hydrogens is 449 g/mol. The lowest BCUT2D eigenvalue weighted by atomic mass is 9.89.